The number of hydrogen-bond acceptors (Lipinski definition) is 4. The number of carbonyl (C=O) groups excluding carboxylic acids is 2. The Hall–Kier alpha value is -2.03. The lowest BCUT2D eigenvalue weighted by Gasteiger charge is -2.28. The number of hydrogen-bond donors (Lipinski definition) is 1. The van der Waals surface area contributed by atoms with E-state index in [4.69, 9.17) is 9.47 Å². The molecule has 1 aromatic rings. The fraction of sp³-hybridized carbons (Fsp3) is 0.429. The summed E-state index contributed by atoms with van der Waals surface area (Å²) in [6.45, 7) is 6.44. The van der Waals surface area contributed by atoms with E-state index in [1.54, 1.807) is 12.2 Å². The van der Waals surface area contributed by atoms with Gasteiger partial charge in [0.25, 0.3) is 5.91 Å². The van der Waals surface area contributed by atoms with Crippen LogP contribution in [0.3, 0.4) is 0 Å². The van der Waals surface area contributed by atoms with Crippen molar-refractivity contribution in [1.82, 2.24) is 10.2 Å². The molecule has 1 heterocycles. The zero-order valence-corrected chi connectivity index (χ0v) is 18.2. The molecule has 6 nitrogen and oxygen atoms in total. The molecule has 2 fully saturated rings. The van der Waals surface area contributed by atoms with Gasteiger partial charge < -0.3 is 14.8 Å². The maximum atomic E-state index is 12.8. The van der Waals surface area contributed by atoms with Gasteiger partial charge in [0.05, 0.1) is 10.2 Å². The molecule has 0 atom stereocenters. The Balaban J connectivity index is 1.87. The molecule has 1 saturated carbocycles. The number of imide groups is 1. The zero-order valence-electron chi connectivity index (χ0n) is 16.0. The standard InChI is InChI=1S/C21H25IN2O4/c1-3-10-28-19-16(22)11-14(13-18(19)27-4-2)12-17-20(25)24(21(26)23-17)15-8-6-5-7-9-15/h3,11-13,15H,1,4-10H2,2H3,(H,23,26)/b17-12-. The molecule has 1 aliphatic carbocycles. The average molecular weight is 496 g/mol. The van der Waals surface area contributed by atoms with E-state index in [-0.39, 0.29) is 18.0 Å². The lowest BCUT2D eigenvalue weighted by molar-refractivity contribution is -0.124. The van der Waals surface area contributed by atoms with Crippen molar-refractivity contribution in [3.63, 3.8) is 0 Å². The number of benzene rings is 1. The van der Waals surface area contributed by atoms with Crippen LogP contribution in [0.1, 0.15) is 44.6 Å². The van der Waals surface area contributed by atoms with Crippen LogP contribution in [0.25, 0.3) is 6.08 Å². The summed E-state index contributed by atoms with van der Waals surface area (Å²) in [5.74, 6) is 0.996. The van der Waals surface area contributed by atoms with E-state index in [0.29, 0.717) is 30.4 Å². The van der Waals surface area contributed by atoms with Gasteiger partial charge in [0.1, 0.15) is 12.3 Å². The third-order valence-electron chi connectivity index (χ3n) is 4.84. The van der Waals surface area contributed by atoms with Crippen molar-refractivity contribution in [1.29, 1.82) is 0 Å². The van der Waals surface area contributed by atoms with Crippen LogP contribution in [-0.2, 0) is 4.79 Å². The highest BCUT2D eigenvalue weighted by molar-refractivity contribution is 14.1. The van der Waals surface area contributed by atoms with Crippen molar-refractivity contribution in [2.75, 3.05) is 13.2 Å². The number of ether oxygens (including phenoxy) is 2. The third kappa shape index (κ3) is 4.51. The van der Waals surface area contributed by atoms with Gasteiger partial charge in [-0.25, -0.2) is 4.79 Å². The molecule has 28 heavy (non-hydrogen) atoms. The number of urea groups is 1. The van der Waals surface area contributed by atoms with Gasteiger partial charge in [-0.3, -0.25) is 9.69 Å². The lowest BCUT2D eigenvalue weighted by Crippen LogP contribution is -2.41. The summed E-state index contributed by atoms with van der Waals surface area (Å²) in [6, 6.07) is 3.39. The molecule has 1 aliphatic heterocycles. The topological polar surface area (TPSA) is 67.9 Å². The minimum Gasteiger partial charge on any atom is -0.490 e. The SMILES string of the molecule is C=CCOc1c(I)cc(/C=C2\NC(=O)N(C3CCCCC3)C2=O)cc1OCC. The van der Waals surface area contributed by atoms with Gasteiger partial charge in [0.2, 0.25) is 0 Å². The molecule has 1 N–H and O–H groups in total. The molecular weight excluding hydrogens is 471 g/mol. The first-order chi connectivity index (χ1) is 13.5. The van der Waals surface area contributed by atoms with E-state index in [2.05, 4.69) is 34.5 Å². The fourth-order valence-corrected chi connectivity index (χ4v) is 4.38. The summed E-state index contributed by atoms with van der Waals surface area (Å²) in [5.41, 5.74) is 1.07. The molecular formula is C21H25IN2O4. The van der Waals surface area contributed by atoms with Crippen LogP contribution in [0.4, 0.5) is 4.79 Å². The molecule has 150 valence electrons. The summed E-state index contributed by atoms with van der Waals surface area (Å²) < 4.78 is 12.3. The van der Waals surface area contributed by atoms with E-state index >= 15 is 0 Å². The Morgan fingerprint density at radius 2 is 2.00 bits per heavy atom. The van der Waals surface area contributed by atoms with E-state index in [9.17, 15) is 9.59 Å². The Morgan fingerprint density at radius 1 is 1.25 bits per heavy atom. The smallest absolute Gasteiger partial charge is 0.329 e. The van der Waals surface area contributed by atoms with Crippen molar-refractivity contribution in [2.45, 2.75) is 45.1 Å². The summed E-state index contributed by atoms with van der Waals surface area (Å²) in [7, 11) is 0. The Bertz CT molecular complexity index is 800. The summed E-state index contributed by atoms with van der Waals surface area (Å²) in [6.07, 6.45) is 8.43. The average Bonchev–Trinajstić information content (AvgIpc) is 2.95. The first kappa shape index (κ1) is 20.7. The van der Waals surface area contributed by atoms with Gasteiger partial charge in [0.15, 0.2) is 11.5 Å². The number of amides is 3. The number of halogens is 1. The second-order valence-corrected chi connectivity index (χ2v) is 7.98. The van der Waals surface area contributed by atoms with Gasteiger partial charge in [0, 0.05) is 6.04 Å². The van der Waals surface area contributed by atoms with Crippen molar-refractivity contribution in [3.8, 4) is 11.5 Å². The van der Waals surface area contributed by atoms with Gasteiger partial charge in [-0.1, -0.05) is 31.9 Å². The van der Waals surface area contributed by atoms with Crippen LogP contribution in [0.2, 0.25) is 0 Å². The quantitative estimate of drug-likeness (QED) is 0.262. The molecule has 0 radical (unpaired) electrons. The Morgan fingerprint density at radius 3 is 2.68 bits per heavy atom. The molecule has 7 heteroatoms. The highest BCUT2D eigenvalue weighted by Crippen LogP contribution is 2.35. The largest absolute Gasteiger partial charge is 0.490 e. The predicted octanol–water partition coefficient (Wildman–Crippen LogP) is 4.48. The van der Waals surface area contributed by atoms with Crippen LogP contribution in [-0.4, -0.2) is 36.1 Å². The van der Waals surface area contributed by atoms with Crippen molar-refractivity contribution >= 4 is 40.6 Å². The lowest BCUT2D eigenvalue weighted by atomic mass is 9.94. The molecule has 1 saturated heterocycles. The van der Waals surface area contributed by atoms with Crippen LogP contribution in [0.15, 0.2) is 30.5 Å². The fourth-order valence-electron chi connectivity index (χ4n) is 3.60. The van der Waals surface area contributed by atoms with E-state index in [1.807, 2.05) is 19.1 Å². The molecule has 0 bridgehead atoms. The molecule has 3 amide bonds. The molecule has 0 spiro atoms. The van der Waals surface area contributed by atoms with Crippen molar-refractivity contribution in [3.05, 3.63) is 39.6 Å². The first-order valence-corrected chi connectivity index (χ1v) is 10.7. The first-order valence-electron chi connectivity index (χ1n) is 9.61. The van der Waals surface area contributed by atoms with Gasteiger partial charge in [-0.05, 0) is 66.1 Å². The third-order valence-corrected chi connectivity index (χ3v) is 5.64. The number of rotatable bonds is 7. The van der Waals surface area contributed by atoms with Crippen molar-refractivity contribution < 1.29 is 19.1 Å². The number of nitrogens with one attached hydrogen (secondary N) is 1. The normalized spacial score (nSPS) is 19.1. The minimum atomic E-state index is -0.325. The van der Waals surface area contributed by atoms with Gasteiger partial charge in [-0.2, -0.15) is 0 Å². The number of carbonyl (C=O) groups is 2. The highest BCUT2D eigenvalue weighted by Gasteiger charge is 2.38. The summed E-state index contributed by atoms with van der Waals surface area (Å²) >= 11 is 2.17. The Labute approximate surface area is 179 Å². The zero-order chi connectivity index (χ0) is 20.1. The van der Waals surface area contributed by atoms with Crippen LogP contribution < -0.4 is 14.8 Å². The van der Waals surface area contributed by atoms with Crippen LogP contribution in [0.5, 0.6) is 11.5 Å². The van der Waals surface area contributed by atoms with Crippen LogP contribution in [0, 0.1) is 3.57 Å². The van der Waals surface area contributed by atoms with E-state index in [1.165, 1.54) is 11.3 Å². The van der Waals surface area contributed by atoms with E-state index < -0.39 is 0 Å². The maximum absolute atomic E-state index is 12.8. The summed E-state index contributed by atoms with van der Waals surface area (Å²) in [4.78, 5) is 26.6. The summed E-state index contributed by atoms with van der Waals surface area (Å²) in [5, 5.41) is 2.73. The predicted molar refractivity (Wildman–Crippen MR) is 116 cm³/mol. The van der Waals surface area contributed by atoms with Gasteiger partial charge >= 0.3 is 6.03 Å². The highest BCUT2D eigenvalue weighted by atomic mass is 127. The Kier molecular flexibility index (Phi) is 6.98. The monoisotopic (exact) mass is 496 g/mol. The molecule has 1 aromatic carbocycles. The van der Waals surface area contributed by atoms with Crippen LogP contribution >= 0.6 is 22.6 Å². The molecule has 0 unspecified atom stereocenters. The molecule has 2 aliphatic rings. The maximum Gasteiger partial charge on any atom is 0.329 e. The molecule has 0 aromatic heterocycles. The van der Waals surface area contributed by atoms with Gasteiger partial charge in [-0.15, -0.1) is 0 Å². The van der Waals surface area contributed by atoms with E-state index in [0.717, 1.165) is 34.8 Å². The minimum absolute atomic E-state index is 0.000881. The molecule has 3 rings (SSSR count). The second kappa shape index (κ2) is 9.45. The number of nitrogens with zero attached hydrogens (tertiary/aromatic N) is 1. The second-order valence-electron chi connectivity index (χ2n) is 6.82. The van der Waals surface area contributed by atoms with Crippen molar-refractivity contribution in [2.24, 2.45) is 0 Å².